The third-order valence-electron chi connectivity index (χ3n) is 3.08. The summed E-state index contributed by atoms with van der Waals surface area (Å²) in [5.74, 6) is -0.742. The van der Waals surface area contributed by atoms with E-state index in [9.17, 15) is 9.59 Å². The Balaban J connectivity index is 1.81. The van der Waals surface area contributed by atoms with Gasteiger partial charge in [0, 0.05) is 12.1 Å². The van der Waals surface area contributed by atoms with Crippen molar-refractivity contribution in [1.29, 1.82) is 0 Å². The van der Waals surface area contributed by atoms with Crippen LogP contribution in [0.4, 0.5) is 0 Å². The molecule has 1 aliphatic carbocycles. The highest BCUT2D eigenvalue weighted by Gasteiger charge is 2.26. The molecule has 1 atom stereocenters. The van der Waals surface area contributed by atoms with Crippen LogP contribution in [0.3, 0.4) is 0 Å². The van der Waals surface area contributed by atoms with Crippen LogP contribution in [-0.4, -0.2) is 24.0 Å². The van der Waals surface area contributed by atoms with Crippen LogP contribution < -0.4 is 5.32 Å². The Hall–Kier alpha value is -2.10. The molecule has 1 aliphatic rings. The molecule has 2 rings (SSSR count). The first-order valence-corrected chi connectivity index (χ1v) is 6.80. The average Bonchev–Trinajstić information content (AvgIpc) is 3.22. The van der Waals surface area contributed by atoms with Gasteiger partial charge in [0.15, 0.2) is 6.10 Å². The largest absolute Gasteiger partial charge is 0.449 e. The second-order valence-corrected chi connectivity index (χ2v) is 5.11. The van der Waals surface area contributed by atoms with E-state index in [1.54, 1.807) is 13.0 Å². The molecule has 1 aromatic rings. The number of esters is 1. The van der Waals surface area contributed by atoms with E-state index in [2.05, 4.69) is 5.32 Å². The molecule has 0 radical (unpaired) electrons. The molecule has 20 heavy (non-hydrogen) atoms. The van der Waals surface area contributed by atoms with Gasteiger partial charge in [0.1, 0.15) is 0 Å². The summed E-state index contributed by atoms with van der Waals surface area (Å²) in [5.41, 5.74) is 2.08. The van der Waals surface area contributed by atoms with Gasteiger partial charge in [-0.1, -0.05) is 29.8 Å². The Labute approximate surface area is 118 Å². The lowest BCUT2D eigenvalue weighted by molar-refractivity contribution is -0.150. The molecule has 1 aromatic carbocycles. The van der Waals surface area contributed by atoms with Crippen molar-refractivity contribution in [2.75, 3.05) is 0 Å². The number of rotatable bonds is 5. The van der Waals surface area contributed by atoms with Gasteiger partial charge in [-0.05, 0) is 38.3 Å². The van der Waals surface area contributed by atoms with Crippen molar-refractivity contribution in [2.45, 2.75) is 38.8 Å². The van der Waals surface area contributed by atoms with E-state index in [1.807, 2.05) is 31.2 Å². The molecule has 0 bridgehead atoms. The summed E-state index contributed by atoms with van der Waals surface area (Å²) in [5, 5.41) is 2.80. The Morgan fingerprint density at radius 3 is 2.55 bits per heavy atom. The average molecular weight is 273 g/mol. The molecule has 0 unspecified atom stereocenters. The van der Waals surface area contributed by atoms with Crippen LogP contribution in [0, 0.1) is 6.92 Å². The Kier molecular flexibility index (Phi) is 4.56. The molecule has 1 saturated carbocycles. The number of carbonyl (C=O) groups is 2. The van der Waals surface area contributed by atoms with Crippen molar-refractivity contribution in [2.24, 2.45) is 0 Å². The summed E-state index contributed by atoms with van der Waals surface area (Å²) >= 11 is 0. The first-order valence-electron chi connectivity index (χ1n) is 6.80. The van der Waals surface area contributed by atoms with Crippen molar-refractivity contribution >= 4 is 18.0 Å². The summed E-state index contributed by atoms with van der Waals surface area (Å²) in [6.45, 7) is 3.58. The topological polar surface area (TPSA) is 55.4 Å². The molecule has 0 aromatic heterocycles. The predicted octanol–water partition coefficient (Wildman–Crippen LogP) is 2.22. The number of ether oxygens (including phenoxy) is 1. The smallest absolute Gasteiger partial charge is 0.331 e. The lowest BCUT2D eigenvalue weighted by Crippen LogP contribution is -2.36. The zero-order valence-corrected chi connectivity index (χ0v) is 11.8. The van der Waals surface area contributed by atoms with Crippen molar-refractivity contribution < 1.29 is 14.3 Å². The van der Waals surface area contributed by atoms with Crippen LogP contribution >= 0.6 is 0 Å². The van der Waals surface area contributed by atoms with Crippen molar-refractivity contribution in [3.05, 3.63) is 41.5 Å². The number of nitrogens with one attached hydrogen (secondary N) is 1. The normalized spacial score (nSPS) is 15.9. The monoisotopic (exact) mass is 273 g/mol. The fraction of sp³-hybridized carbons (Fsp3) is 0.375. The van der Waals surface area contributed by atoms with Gasteiger partial charge in [-0.3, -0.25) is 4.79 Å². The van der Waals surface area contributed by atoms with E-state index in [0.717, 1.165) is 24.0 Å². The summed E-state index contributed by atoms with van der Waals surface area (Å²) in [7, 11) is 0. The van der Waals surface area contributed by atoms with Gasteiger partial charge in [-0.2, -0.15) is 0 Å². The SMILES string of the molecule is Cc1ccc(/C=C/C(=O)O[C@H](C)C(=O)NC2CC2)cc1. The maximum Gasteiger partial charge on any atom is 0.331 e. The third-order valence-corrected chi connectivity index (χ3v) is 3.08. The van der Waals surface area contributed by atoms with Crippen LogP contribution in [-0.2, 0) is 14.3 Å². The summed E-state index contributed by atoms with van der Waals surface area (Å²) in [4.78, 5) is 23.2. The summed E-state index contributed by atoms with van der Waals surface area (Å²) in [6.07, 6.45) is 4.28. The molecular formula is C16H19NO3. The lowest BCUT2D eigenvalue weighted by atomic mass is 10.1. The number of aryl methyl sites for hydroxylation is 1. The van der Waals surface area contributed by atoms with Crippen LogP contribution in [0.1, 0.15) is 30.9 Å². The molecule has 1 fully saturated rings. The summed E-state index contributed by atoms with van der Waals surface area (Å²) < 4.78 is 5.05. The first kappa shape index (κ1) is 14.3. The summed E-state index contributed by atoms with van der Waals surface area (Å²) in [6, 6.07) is 8.05. The highest BCUT2D eigenvalue weighted by Crippen LogP contribution is 2.18. The molecule has 0 heterocycles. The number of benzene rings is 1. The Morgan fingerprint density at radius 1 is 1.30 bits per heavy atom. The van der Waals surface area contributed by atoms with Gasteiger partial charge in [0.2, 0.25) is 0 Å². The zero-order chi connectivity index (χ0) is 14.5. The van der Waals surface area contributed by atoms with Crippen LogP contribution in [0.15, 0.2) is 30.3 Å². The fourth-order valence-electron chi connectivity index (χ4n) is 1.66. The van der Waals surface area contributed by atoms with Crippen LogP contribution in [0.5, 0.6) is 0 Å². The number of amides is 1. The second kappa shape index (κ2) is 6.37. The van der Waals surface area contributed by atoms with Crippen molar-refractivity contribution in [3.8, 4) is 0 Å². The molecule has 0 saturated heterocycles. The number of hydrogen-bond acceptors (Lipinski definition) is 3. The standard InChI is InChI=1S/C16H19NO3/c1-11-3-5-13(6-4-11)7-10-15(18)20-12(2)16(19)17-14-8-9-14/h3-7,10,12,14H,8-9H2,1-2H3,(H,17,19)/b10-7+/t12-/m1/s1. The van der Waals surface area contributed by atoms with Crippen LogP contribution in [0.2, 0.25) is 0 Å². The first-order chi connectivity index (χ1) is 9.54. The molecule has 4 nitrogen and oxygen atoms in total. The molecule has 1 N–H and O–H groups in total. The minimum atomic E-state index is -0.759. The molecule has 0 spiro atoms. The van der Waals surface area contributed by atoms with Gasteiger partial charge in [-0.15, -0.1) is 0 Å². The lowest BCUT2D eigenvalue weighted by Gasteiger charge is -2.11. The molecule has 106 valence electrons. The molecule has 1 amide bonds. The van der Waals surface area contributed by atoms with E-state index in [-0.39, 0.29) is 11.9 Å². The van der Waals surface area contributed by atoms with Gasteiger partial charge < -0.3 is 10.1 Å². The molecule has 4 heteroatoms. The Bertz CT molecular complexity index is 515. The maximum atomic E-state index is 11.6. The zero-order valence-electron chi connectivity index (χ0n) is 11.8. The maximum absolute atomic E-state index is 11.6. The Morgan fingerprint density at radius 2 is 1.95 bits per heavy atom. The van der Waals surface area contributed by atoms with Crippen molar-refractivity contribution in [3.63, 3.8) is 0 Å². The van der Waals surface area contributed by atoms with E-state index in [0.29, 0.717) is 0 Å². The third kappa shape index (κ3) is 4.53. The molecular weight excluding hydrogens is 254 g/mol. The quantitative estimate of drug-likeness (QED) is 0.661. The number of carbonyl (C=O) groups excluding carboxylic acids is 2. The predicted molar refractivity (Wildman–Crippen MR) is 76.9 cm³/mol. The van der Waals surface area contributed by atoms with Gasteiger partial charge in [0.25, 0.3) is 5.91 Å². The highest BCUT2D eigenvalue weighted by molar-refractivity contribution is 5.90. The molecule has 0 aliphatic heterocycles. The van der Waals surface area contributed by atoms with E-state index >= 15 is 0 Å². The van der Waals surface area contributed by atoms with Crippen molar-refractivity contribution in [1.82, 2.24) is 5.32 Å². The van der Waals surface area contributed by atoms with E-state index < -0.39 is 12.1 Å². The van der Waals surface area contributed by atoms with Gasteiger partial charge in [0.05, 0.1) is 0 Å². The van der Waals surface area contributed by atoms with E-state index in [1.165, 1.54) is 6.08 Å². The minimum Gasteiger partial charge on any atom is -0.449 e. The van der Waals surface area contributed by atoms with E-state index in [4.69, 9.17) is 4.74 Å². The second-order valence-electron chi connectivity index (χ2n) is 5.11. The minimum absolute atomic E-state index is 0.232. The number of hydrogen-bond donors (Lipinski definition) is 1. The fourth-order valence-corrected chi connectivity index (χ4v) is 1.66. The highest BCUT2D eigenvalue weighted by atomic mass is 16.5. The van der Waals surface area contributed by atoms with Gasteiger partial charge >= 0.3 is 5.97 Å². The van der Waals surface area contributed by atoms with Gasteiger partial charge in [-0.25, -0.2) is 4.79 Å². The van der Waals surface area contributed by atoms with Crippen LogP contribution in [0.25, 0.3) is 6.08 Å².